The highest BCUT2D eigenvalue weighted by molar-refractivity contribution is 9.10. The molecule has 7 heteroatoms. The molecule has 1 N–H and O–H groups in total. The van der Waals surface area contributed by atoms with Gasteiger partial charge >= 0.3 is 6.01 Å². The maximum atomic E-state index is 5.84. The van der Waals surface area contributed by atoms with Gasteiger partial charge in [-0.15, -0.1) is 0 Å². The molecular weight excluding hydrogens is 332 g/mol. The fourth-order valence-electron chi connectivity index (χ4n) is 1.33. The van der Waals surface area contributed by atoms with E-state index in [0.29, 0.717) is 12.6 Å². The number of rotatable bonds is 5. The first-order valence-electron chi connectivity index (χ1n) is 5.75. The quantitative estimate of drug-likeness (QED) is 0.894. The van der Waals surface area contributed by atoms with Crippen LogP contribution in [-0.2, 0) is 0 Å². The molecule has 0 saturated heterocycles. The third kappa shape index (κ3) is 4.04. The molecule has 0 radical (unpaired) electrons. The van der Waals surface area contributed by atoms with Gasteiger partial charge in [-0.3, -0.25) is 0 Å². The van der Waals surface area contributed by atoms with Crippen molar-refractivity contribution >= 4 is 39.2 Å². The summed E-state index contributed by atoms with van der Waals surface area (Å²) in [5.41, 5.74) is 0.839. The lowest BCUT2D eigenvalue weighted by Gasteiger charge is -2.08. The number of nitrogens with zero attached hydrogens (tertiary/aromatic N) is 3. The lowest BCUT2D eigenvalue weighted by atomic mass is 10.3. The Morgan fingerprint density at radius 1 is 1.26 bits per heavy atom. The smallest absolute Gasteiger partial charge is 0.322 e. The summed E-state index contributed by atoms with van der Waals surface area (Å²) in [4.78, 5) is 12.1. The van der Waals surface area contributed by atoms with Crippen LogP contribution in [0.2, 0.25) is 5.28 Å². The lowest BCUT2D eigenvalue weighted by molar-refractivity contribution is 0.292. The summed E-state index contributed by atoms with van der Waals surface area (Å²) < 4.78 is 6.25. The number of benzene rings is 1. The van der Waals surface area contributed by atoms with Gasteiger partial charge in [0.1, 0.15) is 0 Å². The van der Waals surface area contributed by atoms with Crippen LogP contribution < -0.4 is 10.1 Å². The zero-order valence-corrected chi connectivity index (χ0v) is 12.6. The Hall–Kier alpha value is -1.40. The van der Waals surface area contributed by atoms with Crippen LogP contribution in [0.1, 0.15) is 13.3 Å². The molecule has 1 aromatic carbocycles. The van der Waals surface area contributed by atoms with E-state index in [4.69, 9.17) is 16.3 Å². The second-order valence-corrected chi connectivity index (χ2v) is 4.86. The van der Waals surface area contributed by atoms with Gasteiger partial charge in [-0.1, -0.05) is 19.1 Å². The van der Waals surface area contributed by atoms with E-state index in [2.05, 4.69) is 36.2 Å². The van der Waals surface area contributed by atoms with Crippen molar-refractivity contribution in [3.63, 3.8) is 0 Å². The van der Waals surface area contributed by atoms with Crippen LogP contribution in [0.5, 0.6) is 6.01 Å². The van der Waals surface area contributed by atoms with Crippen LogP contribution in [0.25, 0.3) is 0 Å². The summed E-state index contributed by atoms with van der Waals surface area (Å²) in [6.45, 7) is 2.54. The first-order valence-corrected chi connectivity index (χ1v) is 6.92. The molecule has 0 aliphatic heterocycles. The highest BCUT2D eigenvalue weighted by atomic mass is 79.9. The Bertz CT molecular complexity index is 567. The molecule has 1 aromatic heterocycles. The first kappa shape index (κ1) is 14.0. The van der Waals surface area contributed by atoms with Gasteiger partial charge in [0.2, 0.25) is 11.2 Å². The molecule has 0 aliphatic rings. The first-order chi connectivity index (χ1) is 9.19. The van der Waals surface area contributed by atoms with Crippen LogP contribution in [-0.4, -0.2) is 21.6 Å². The molecule has 1 heterocycles. The number of nitrogens with one attached hydrogen (secondary N) is 1. The minimum atomic E-state index is 0.0932. The van der Waals surface area contributed by atoms with Gasteiger partial charge < -0.3 is 10.1 Å². The van der Waals surface area contributed by atoms with E-state index in [1.54, 1.807) is 0 Å². The minimum absolute atomic E-state index is 0.0932. The van der Waals surface area contributed by atoms with Crippen LogP contribution in [0.3, 0.4) is 0 Å². The monoisotopic (exact) mass is 342 g/mol. The topological polar surface area (TPSA) is 59.9 Å². The molecule has 0 saturated carbocycles. The van der Waals surface area contributed by atoms with E-state index < -0.39 is 0 Å². The number of hydrogen-bond donors (Lipinski definition) is 1. The fraction of sp³-hybridized carbons (Fsp3) is 0.250. The zero-order chi connectivity index (χ0) is 13.7. The second-order valence-electron chi connectivity index (χ2n) is 3.66. The Morgan fingerprint density at radius 2 is 2.05 bits per heavy atom. The number of aromatic nitrogens is 3. The van der Waals surface area contributed by atoms with Crippen molar-refractivity contribution in [3.05, 3.63) is 34.0 Å². The molecule has 0 atom stereocenters. The molecule has 0 aliphatic carbocycles. The fourth-order valence-corrected chi connectivity index (χ4v) is 1.86. The van der Waals surface area contributed by atoms with Gasteiger partial charge in [0.25, 0.3) is 0 Å². The predicted octanol–water partition coefficient (Wildman–Crippen LogP) is 3.82. The van der Waals surface area contributed by atoms with Gasteiger partial charge in [0, 0.05) is 4.47 Å². The Labute approximate surface area is 124 Å². The van der Waals surface area contributed by atoms with E-state index in [0.717, 1.165) is 16.6 Å². The van der Waals surface area contributed by atoms with Crippen molar-refractivity contribution in [1.29, 1.82) is 0 Å². The number of para-hydroxylation sites is 1. The summed E-state index contributed by atoms with van der Waals surface area (Å²) in [5.74, 6) is 0.345. The third-order valence-corrected chi connectivity index (χ3v) is 3.00. The molecular formula is C12H12BrClN4O. The molecule has 5 nitrogen and oxygen atoms in total. The number of anilines is 2. The minimum Gasteiger partial charge on any atom is -0.463 e. The van der Waals surface area contributed by atoms with Crippen LogP contribution >= 0.6 is 27.5 Å². The van der Waals surface area contributed by atoms with Crippen molar-refractivity contribution < 1.29 is 4.74 Å². The normalized spacial score (nSPS) is 10.3. The maximum absolute atomic E-state index is 5.84. The van der Waals surface area contributed by atoms with Crippen LogP contribution in [0.4, 0.5) is 11.6 Å². The summed E-state index contributed by atoms with van der Waals surface area (Å²) in [6.07, 6.45) is 0.871. The average Bonchev–Trinajstić information content (AvgIpc) is 2.38. The molecule has 0 fully saturated rings. The van der Waals surface area contributed by atoms with Crippen molar-refractivity contribution in [3.8, 4) is 6.01 Å². The van der Waals surface area contributed by atoms with E-state index in [-0.39, 0.29) is 11.3 Å². The SMILES string of the molecule is CCCOc1nc(Cl)nc(Nc2ccccc2Br)n1. The van der Waals surface area contributed by atoms with E-state index >= 15 is 0 Å². The summed E-state index contributed by atoms with van der Waals surface area (Å²) >= 11 is 9.28. The number of ether oxygens (including phenoxy) is 1. The second kappa shape index (κ2) is 6.68. The van der Waals surface area contributed by atoms with Gasteiger partial charge in [0.15, 0.2) is 0 Å². The lowest BCUT2D eigenvalue weighted by Crippen LogP contribution is -2.05. The summed E-state index contributed by atoms with van der Waals surface area (Å²) in [7, 11) is 0. The van der Waals surface area contributed by atoms with Gasteiger partial charge in [-0.2, -0.15) is 15.0 Å². The number of halogens is 2. The Balaban J connectivity index is 2.20. The maximum Gasteiger partial charge on any atom is 0.322 e. The van der Waals surface area contributed by atoms with Gasteiger partial charge in [-0.25, -0.2) is 0 Å². The van der Waals surface area contributed by atoms with Crippen molar-refractivity contribution in [1.82, 2.24) is 15.0 Å². The van der Waals surface area contributed by atoms with E-state index in [1.807, 2.05) is 31.2 Å². The summed E-state index contributed by atoms with van der Waals surface area (Å²) in [5, 5.41) is 3.15. The molecule has 0 spiro atoms. The van der Waals surface area contributed by atoms with Gasteiger partial charge in [-0.05, 0) is 46.1 Å². The molecule has 2 rings (SSSR count). The molecule has 2 aromatic rings. The Morgan fingerprint density at radius 3 is 2.79 bits per heavy atom. The van der Waals surface area contributed by atoms with Crippen molar-refractivity contribution in [2.45, 2.75) is 13.3 Å². The molecule has 100 valence electrons. The van der Waals surface area contributed by atoms with Crippen molar-refractivity contribution in [2.75, 3.05) is 11.9 Å². The Kier molecular flexibility index (Phi) is 4.93. The number of hydrogen-bond acceptors (Lipinski definition) is 5. The molecule has 19 heavy (non-hydrogen) atoms. The van der Waals surface area contributed by atoms with Crippen LogP contribution in [0, 0.1) is 0 Å². The molecule has 0 unspecified atom stereocenters. The largest absolute Gasteiger partial charge is 0.463 e. The zero-order valence-electron chi connectivity index (χ0n) is 10.2. The van der Waals surface area contributed by atoms with Crippen LogP contribution in [0.15, 0.2) is 28.7 Å². The molecule has 0 bridgehead atoms. The van der Waals surface area contributed by atoms with Gasteiger partial charge in [0.05, 0.1) is 12.3 Å². The van der Waals surface area contributed by atoms with E-state index in [9.17, 15) is 0 Å². The third-order valence-electron chi connectivity index (χ3n) is 2.14. The summed E-state index contributed by atoms with van der Waals surface area (Å²) in [6, 6.07) is 7.86. The standard InChI is InChI=1S/C12H12BrClN4O/c1-2-7-19-12-17-10(14)16-11(18-12)15-9-6-4-3-5-8(9)13/h3-6H,2,7H2,1H3,(H,15,16,17,18). The van der Waals surface area contributed by atoms with Crippen molar-refractivity contribution in [2.24, 2.45) is 0 Å². The predicted molar refractivity (Wildman–Crippen MR) is 78.0 cm³/mol. The van der Waals surface area contributed by atoms with E-state index in [1.165, 1.54) is 0 Å². The highest BCUT2D eigenvalue weighted by Crippen LogP contribution is 2.24. The highest BCUT2D eigenvalue weighted by Gasteiger charge is 2.07. The average molecular weight is 344 g/mol. The molecule has 0 amide bonds.